The summed E-state index contributed by atoms with van der Waals surface area (Å²) in [5.74, 6) is -0.481. The molecule has 0 amide bonds. The van der Waals surface area contributed by atoms with Gasteiger partial charge in [-0.15, -0.1) is 0 Å². The van der Waals surface area contributed by atoms with Gasteiger partial charge in [-0.1, -0.05) is 11.8 Å². The first-order chi connectivity index (χ1) is 13.3. The fourth-order valence-electron chi connectivity index (χ4n) is 2.89. The van der Waals surface area contributed by atoms with Gasteiger partial charge in [-0.05, 0) is 44.2 Å². The maximum Gasteiger partial charge on any atom is 0.326 e. The largest absolute Gasteiger partial charge is 0.496 e. The lowest BCUT2D eigenvalue weighted by atomic mass is 10.1. The van der Waals surface area contributed by atoms with Gasteiger partial charge in [0, 0.05) is 22.9 Å². The van der Waals surface area contributed by atoms with E-state index in [-0.39, 0.29) is 5.78 Å². The van der Waals surface area contributed by atoms with Crippen molar-refractivity contribution in [2.75, 3.05) is 7.11 Å². The van der Waals surface area contributed by atoms with Crippen molar-refractivity contribution in [2.45, 2.75) is 30.8 Å². The summed E-state index contributed by atoms with van der Waals surface area (Å²) in [7, 11) is 1.54. The Kier molecular flexibility index (Phi) is 5.69. The molecule has 3 rings (SSSR count). The predicted molar refractivity (Wildman–Crippen MR) is 105 cm³/mol. The van der Waals surface area contributed by atoms with E-state index in [0.717, 1.165) is 5.56 Å². The van der Waals surface area contributed by atoms with Crippen LogP contribution in [0, 0.1) is 5.82 Å². The molecule has 0 aliphatic rings. The molecule has 1 N–H and O–H groups in total. The summed E-state index contributed by atoms with van der Waals surface area (Å²) in [6.07, 6.45) is 0. The third kappa shape index (κ3) is 3.87. The standard InChI is InChI=1S/C20H19FN2O4S/c1-11(19(25)26)23-17-6-5-15(21)9-16(17)22-20(23)28-10-14-8-13(12(2)24)4-7-18(14)27-3/h4-9,11H,10H2,1-3H3,(H,25,26). The number of rotatable bonds is 7. The van der Waals surface area contributed by atoms with E-state index in [9.17, 15) is 19.1 Å². The number of imidazole rings is 1. The van der Waals surface area contributed by atoms with E-state index >= 15 is 0 Å². The highest BCUT2D eigenvalue weighted by Crippen LogP contribution is 2.33. The lowest BCUT2D eigenvalue weighted by molar-refractivity contribution is -0.140. The van der Waals surface area contributed by atoms with Gasteiger partial charge in [0.05, 0.1) is 18.1 Å². The molecule has 3 aromatic rings. The fraction of sp³-hybridized carbons (Fsp3) is 0.250. The van der Waals surface area contributed by atoms with Crippen LogP contribution in [0.1, 0.15) is 35.8 Å². The van der Waals surface area contributed by atoms with Crippen LogP contribution >= 0.6 is 11.8 Å². The lowest BCUT2D eigenvalue weighted by Gasteiger charge is -2.14. The number of thioether (sulfide) groups is 1. The molecule has 0 aliphatic carbocycles. The normalized spacial score (nSPS) is 12.1. The Morgan fingerprint density at radius 2 is 2.04 bits per heavy atom. The third-order valence-corrected chi connectivity index (χ3v) is 5.41. The van der Waals surface area contributed by atoms with Gasteiger partial charge in [-0.2, -0.15) is 0 Å². The number of nitrogens with zero attached hydrogens (tertiary/aromatic N) is 2. The zero-order valence-corrected chi connectivity index (χ0v) is 16.4. The smallest absolute Gasteiger partial charge is 0.326 e. The fourth-order valence-corrected chi connectivity index (χ4v) is 3.96. The first-order valence-corrected chi connectivity index (χ1v) is 9.51. The van der Waals surface area contributed by atoms with E-state index in [1.54, 1.807) is 36.8 Å². The molecule has 1 heterocycles. The first-order valence-electron chi connectivity index (χ1n) is 8.52. The first kappa shape index (κ1) is 19.9. The summed E-state index contributed by atoms with van der Waals surface area (Å²) in [5.41, 5.74) is 2.28. The number of ether oxygens (including phenoxy) is 1. The summed E-state index contributed by atoms with van der Waals surface area (Å²) in [4.78, 5) is 27.7. The second-order valence-corrected chi connectivity index (χ2v) is 7.23. The Balaban J connectivity index is 2.01. The van der Waals surface area contributed by atoms with E-state index in [1.807, 2.05) is 0 Å². The molecule has 8 heteroatoms. The van der Waals surface area contributed by atoms with E-state index in [2.05, 4.69) is 4.98 Å². The lowest BCUT2D eigenvalue weighted by Crippen LogP contribution is -2.16. The molecule has 0 fully saturated rings. The number of ketones is 1. The number of benzene rings is 2. The molecule has 28 heavy (non-hydrogen) atoms. The molecule has 6 nitrogen and oxygen atoms in total. The number of aromatic nitrogens is 2. The van der Waals surface area contributed by atoms with Crippen molar-refractivity contribution in [2.24, 2.45) is 0 Å². The highest BCUT2D eigenvalue weighted by molar-refractivity contribution is 7.98. The molecular weight excluding hydrogens is 383 g/mol. The van der Waals surface area contributed by atoms with E-state index in [0.29, 0.717) is 33.3 Å². The molecule has 1 aromatic heterocycles. The van der Waals surface area contributed by atoms with E-state index in [1.165, 1.54) is 36.9 Å². The topological polar surface area (TPSA) is 81.4 Å². The molecule has 0 spiro atoms. The summed E-state index contributed by atoms with van der Waals surface area (Å²) < 4.78 is 20.5. The van der Waals surface area contributed by atoms with Crippen molar-refractivity contribution in [3.63, 3.8) is 0 Å². The van der Waals surface area contributed by atoms with Gasteiger partial charge in [0.25, 0.3) is 0 Å². The van der Waals surface area contributed by atoms with Crippen molar-refractivity contribution < 1.29 is 23.8 Å². The molecule has 1 unspecified atom stereocenters. The van der Waals surface area contributed by atoms with Crippen LogP contribution in [0.15, 0.2) is 41.6 Å². The number of halogens is 1. The minimum absolute atomic E-state index is 0.0592. The summed E-state index contributed by atoms with van der Waals surface area (Å²) in [6.45, 7) is 3.04. The van der Waals surface area contributed by atoms with Crippen LogP contribution in [-0.2, 0) is 10.5 Å². The molecule has 0 bridgehead atoms. The Bertz CT molecular complexity index is 1060. The van der Waals surface area contributed by atoms with Crippen molar-refractivity contribution >= 4 is 34.5 Å². The Hall–Kier alpha value is -2.87. The number of hydrogen-bond donors (Lipinski definition) is 1. The number of fused-ring (bicyclic) bond motifs is 1. The van der Waals surface area contributed by atoms with Crippen molar-refractivity contribution in [3.8, 4) is 5.75 Å². The summed E-state index contributed by atoms with van der Waals surface area (Å²) in [6, 6.07) is 8.39. The molecule has 0 aliphatic heterocycles. The second kappa shape index (κ2) is 8.02. The zero-order chi connectivity index (χ0) is 20.4. The minimum atomic E-state index is -1.01. The van der Waals surface area contributed by atoms with Gasteiger partial charge < -0.3 is 14.4 Å². The number of Topliss-reactive ketones (excluding diaryl/α,β-unsaturated/α-hetero) is 1. The van der Waals surface area contributed by atoms with Crippen LogP contribution in [0.3, 0.4) is 0 Å². The quantitative estimate of drug-likeness (QED) is 0.468. The molecule has 146 valence electrons. The highest BCUT2D eigenvalue weighted by atomic mass is 32.2. The van der Waals surface area contributed by atoms with Crippen molar-refractivity contribution in [3.05, 3.63) is 53.3 Å². The third-order valence-electron chi connectivity index (χ3n) is 4.41. The number of methoxy groups -OCH3 is 1. The zero-order valence-electron chi connectivity index (χ0n) is 15.6. The van der Waals surface area contributed by atoms with Gasteiger partial charge in [0.2, 0.25) is 0 Å². The Morgan fingerprint density at radius 1 is 1.29 bits per heavy atom. The second-order valence-electron chi connectivity index (χ2n) is 6.28. The van der Waals surface area contributed by atoms with E-state index in [4.69, 9.17) is 4.74 Å². The van der Waals surface area contributed by atoms with Crippen LogP contribution in [0.4, 0.5) is 4.39 Å². The molecule has 0 radical (unpaired) electrons. The molecular formula is C20H19FN2O4S. The van der Waals surface area contributed by atoms with Crippen LogP contribution in [0.2, 0.25) is 0 Å². The van der Waals surface area contributed by atoms with Crippen LogP contribution in [0.25, 0.3) is 11.0 Å². The van der Waals surface area contributed by atoms with Crippen LogP contribution < -0.4 is 4.74 Å². The monoisotopic (exact) mass is 402 g/mol. The maximum atomic E-state index is 13.6. The maximum absolute atomic E-state index is 13.6. The van der Waals surface area contributed by atoms with E-state index < -0.39 is 17.8 Å². The number of hydrogen-bond acceptors (Lipinski definition) is 5. The molecule has 0 saturated heterocycles. The number of carbonyl (C=O) groups excluding carboxylic acids is 1. The van der Waals surface area contributed by atoms with Gasteiger partial charge in [-0.25, -0.2) is 14.2 Å². The number of aliphatic carboxylic acids is 1. The summed E-state index contributed by atoms with van der Waals surface area (Å²) >= 11 is 1.30. The van der Waals surface area contributed by atoms with Crippen LogP contribution in [0.5, 0.6) is 5.75 Å². The van der Waals surface area contributed by atoms with Gasteiger partial charge in [-0.3, -0.25) is 4.79 Å². The number of carbonyl (C=O) groups is 2. The van der Waals surface area contributed by atoms with Crippen molar-refractivity contribution in [1.82, 2.24) is 9.55 Å². The number of carboxylic acids is 1. The average Bonchev–Trinajstić information content (AvgIpc) is 3.02. The SMILES string of the molecule is COc1ccc(C(C)=O)cc1CSc1nc2cc(F)ccc2n1C(C)C(=O)O. The Morgan fingerprint density at radius 3 is 2.68 bits per heavy atom. The summed E-state index contributed by atoms with van der Waals surface area (Å²) in [5, 5.41) is 9.92. The van der Waals surface area contributed by atoms with Gasteiger partial charge in [0.15, 0.2) is 10.9 Å². The highest BCUT2D eigenvalue weighted by Gasteiger charge is 2.22. The molecule has 1 atom stereocenters. The van der Waals surface area contributed by atoms with Crippen molar-refractivity contribution in [1.29, 1.82) is 0 Å². The van der Waals surface area contributed by atoms with Gasteiger partial charge >= 0.3 is 5.97 Å². The molecule has 2 aromatic carbocycles. The number of carboxylic acid groups (broad SMARTS) is 1. The predicted octanol–water partition coefficient (Wildman–Crippen LogP) is 4.32. The van der Waals surface area contributed by atoms with Crippen LogP contribution in [-0.4, -0.2) is 33.5 Å². The molecule has 0 saturated carbocycles. The van der Waals surface area contributed by atoms with Gasteiger partial charge in [0.1, 0.15) is 17.6 Å². The average molecular weight is 402 g/mol. The Labute approximate surface area is 165 Å². The minimum Gasteiger partial charge on any atom is -0.496 e.